The van der Waals surface area contributed by atoms with Crippen LogP contribution < -0.4 is 10.6 Å². The number of carbonyl (C=O) groups is 2. The van der Waals surface area contributed by atoms with Crippen molar-refractivity contribution in [1.82, 2.24) is 10.6 Å². The lowest BCUT2D eigenvalue weighted by Gasteiger charge is -2.23. The van der Waals surface area contributed by atoms with Crippen LogP contribution in [0.4, 0.5) is 0 Å². The van der Waals surface area contributed by atoms with Crippen molar-refractivity contribution in [2.45, 2.75) is 33.4 Å². The second kappa shape index (κ2) is 5.63. The maximum absolute atomic E-state index is 12.1. The first kappa shape index (κ1) is 14.5. The van der Waals surface area contributed by atoms with Crippen LogP contribution >= 0.6 is 0 Å². The summed E-state index contributed by atoms with van der Waals surface area (Å²) in [6, 6.07) is 5.60. The Labute approximate surface area is 118 Å². The summed E-state index contributed by atoms with van der Waals surface area (Å²) in [4.78, 5) is 23.3. The number of rotatable bonds is 5. The van der Waals surface area contributed by atoms with E-state index in [1.54, 1.807) is 19.9 Å². The van der Waals surface area contributed by atoms with Crippen LogP contribution in [0, 0.1) is 5.41 Å². The van der Waals surface area contributed by atoms with Gasteiger partial charge in [-0.05, 0) is 36.6 Å². The van der Waals surface area contributed by atoms with Gasteiger partial charge in [0, 0.05) is 25.2 Å². The van der Waals surface area contributed by atoms with E-state index in [9.17, 15) is 14.7 Å². The van der Waals surface area contributed by atoms with Crippen molar-refractivity contribution in [3.63, 3.8) is 0 Å². The van der Waals surface area contributed by atoms with Gasteiger partial charge >= 0.3 is 5.97 Å². The predicted molar refractivity (Wildman–Crippen MR) is 75.4 cm³/mol. The molecule has 0 saturated heterocycles. The fourth-order valence-electron chi connectivity index (χ4n) is 2.17. The van der Waals surface area contributed by atoms with Crippen LogP contribution in [0.25, 0.3) is 0 Å². The molecule has 1 heterocycles. The van der Waals surface area contributed by atoms with Crippen LogP contribution in [0.15, 0.2) is 18.2 Å². The molecule has 0 aromatic heterocycles. The average molecular weight is 276 g/mol. The van der Waals surface area contributed by atoms with Crippen LogP contribution in [-0.2, 0) is 17.9 Å². The molecule has 1 atom stereocenters. The highest BCUT2D eigenvalue weighted by molar-refractivity contribution is 5.94. The Hall–Kier alpha value is -1.88. The van der Waals surface area contributed by atoms with Gasteiger partial charge in [-0.15, -0.1) is 0 Å². The largest absolute Gasteiger partial charge is 0.481 e. The minimum absolute atomic E-state index is 0.132. The van der Waals surface area contributed by atoms with Crippen LogP contribution in [0.5, 0.6) is 0 Å². The molecule has 108 valence electrons. The number of carboxylic acids is 1. The normalized spacial score (nSPS) is 16.3. The fourth-order valence-corrected chi connectivity index (χ4v) is 2.17. The quantitative estimate of drug-likeness (QED) is 0.762. The van der Waals surface area contributed by atoms with E-state index in [1.165, 1.54) is 5.56 Å². The lowest BCUT2D eigenvalue weighted by Crippen LogP contribution is -2.40. The van der Waals surface area contributed by atoms with Gasteiger partial charge in [-0.25, -0.2) is 0 Å². The molecule has 5 nitrogen and oxygen atoms in total. The Balaban J connectivity index is 2.04. The highest BCUT2D eigenvalue weighted by atomic mass is 16.4. The number of carboxylic acid groups (broad SMARTS) is 1. The number of fused-ring (bicyclic) bond motifs is 1. The molecule has 0 aliphatic carbocycles. The minimum Gasteiger partial charge on any atom is -0.481 e. The van der Waals surface area contributed by atoms with Crippen LogP contribution in [0.3, 0.4) is 0 Å². The first-order valence-corrected chi connectivity index (χ1v) is 6.80. The zero-order valence-electron chi connectivity index (χ0n) is 11.8. The third-order valence-corrected chi connectivity index (χ3v) is 4.04. The molecular formula is C15H20N2O3. The topological polar surface area (TPSA) is 78.4 Å². The number of aliphatic carboxylic acids is 1. The molecule has 3 N–H and O–H groups in total. The van der Waals surface area contributed by atoms with Gasteiger partial charge in [0.15, 0.2) is 0 Å². The summed E-state index contributed by atoms with van der Waals surface area (Å²) in [5, 5.41) is 15.1. The van der Waals surface area contributed by atoms with Crippen molar-refractivity contribution in [3.05, 3.63) is 34.9 Å². The van der Waals surface area contributed by atoms with Gasteiger partial charge in [-0.2, -0.15) is 0 Å². The number of benzene rings is 1. The summed E-state index contributed by atoms with van der Waals surface area (Å²) in [5.74, 6) is -1.11. The first-order chi connectivity index (χ1) is 9.46. The smallest absolute Gasteiger partial charge is 0.311 e. The van der Waals surface area contributed by atoms with Crippen molar-refractivity contribution in [3.8, 4) is 0 Å². The number of carbonyl (C=O) groups excluding carboxylic acids is 1. The Morgan fingerprint density at radius 1 is 1.35 bits per heavy atom. The molecule has 0 radical (unpaired) electrons. The van der Waals surface area contributed by atoms with Gasteiger partial charge in [0.05, 0.1) is 5.41 Å². The predicted octanol–water partition coefficient (Wildman–Crippen LogP) is 1.52. The van der Waals surface area contributed by atoms with Crippen LogP contribution in [0.2, 0.25) is 0 Å². The zero-order valence-corrected chi connectivity index (χ0v) is 11.8. The summed E-state index contributed by atoms with van der Waals surface area (Å²) in [5.41, 5.74) is 2.00. The van der Waals surface area contributed by atoms with Crippen molar-refractivity contribution in [2.24, 2.45) is 5.41 Å². The maximum Gasteiger partial charge on any atom is 0.311 e. The molecule has 1 aromatic carbocycles. The molecule has 0 spiro atoms. The molecule has 2 rings (SSSR count). The molecule has 20 heavy (non-hydrogen) atoms. The molecule has 1 aromatic rings. The number of hydrogen-bond acceptors (Lipinski definition) is 3. The fraction of sp³-hybridized carbons (Fsp3) is 0.467. The van der Waals surface area contributed by atoms with Gasteiger partial charge in [0.1, 0.15) is 0 Å². The molecule has 1 amide bonds. The Bertz CT molecular complexity index is 542. The van der Waals surface area contributed by atoms with Gasteiger partial charge in [-0.1, -0.05) is 13.0 Å². The highest BCUT2D eigenvalue weighted by Gasteiger charge is 2.31. The number of hydrogen-bond donors (Lipinski definition) is 3. The summed E-state index contributed by atoms with van der Waals surface area (Å²) in [6.45, 7) is 5.19. The van der Waals surface area contributed by atoms with E-state index >= 15 is 0 Å². The van der Waals surface area contributed by atoms with Crippen molar-refractivity contribution in [2.75, 3.05) is 6.54 Å². The molecule has 1 aliphatic rings. The van der Waals surface area contributed by atoms with E-state index in [2.05, 4.69) is 10.6 Å². The average Bonchev–Trinajstić information content (AvgIpc) is 2.91. The van der Waals surface area contributed by atoms with E-state index in [0.717, 1.165) is 18.7 Å². The van der Waals surface area contributed by atoms with Crippen LogP contribution in [0.1, 0.15) is 41.8 Å². The van der Waals surface area contributed by atoms with E-state index in [1.807, 2.05) is 12.1 Å². The monoisotopic (exact) mass is 276 g/mol. The second-order valence-corrected chi connectivity index (χ2v) is 5.49. The Morgan fingerprint density at radius 2 is 2.05 bits per heavy atom. The van der Waals surface area contributed by atoms with Gasteiger partial charge in [0.2, 0.25) is 0 Å². The van der Waals surface area contributed by atoms with Crippen molar-refractivity contribution >= 4 is 11.9 Å². The SMILES string of the molecule is CCC(C)(CNC(=O)c1ccc2c(c1)CNC2)C(=O)O. The van der Waals surface area contributed by atoms with Gasteiger partial charge < -0.3 is 15.7 Å². The minimum atomic E-state index is -0.923. The lowest BCUT2D eigenvalue weighted by atomic mass is 9.87. The van der Waals surface area contributed by atoms with Crippen LogP contribution in [-0.4, -0.2) is 23.5 Å². The highest BCUT2D eigenvalue weighted by Crippen LogP contribution is 2.21. The maximum atomic E-state index is 12.1. The molecule has 0 fully saturated rings. The summed E-state index contributed by atoms with van der Waals surface area (Å²) < 4.78 is 0. The lowest BCUT2D eigenvalue weighted by molar-refractivity contribution is -0.147. The van der Waals surface area contributed by atoms with E-state index in [0.29, 0.717) is 12.0 Å². The van der Waals surface area contributed by atoms with E-state index in [4.69, 9.17) is 0 Å². The molecule has 0 bridgehead atoms. The second-order valence-electron chi connectivity index (χ2n) is 5.49. The summed E-state index contributed by atoms with van der Waals surface area (Å²) >= 11 is 0. The zero-order chi connectivity index (χ0) is 14.8. The van der Waals surface area contributed by atoms with E-state index in [-0.39, 0.29) is 12.5 Å². The molecule has 5 heteroatoms. The third kappa shape index (κ3) is 2.82. The van der Waals surface area contributed by atoms with Gasteiger partial charge in [-0.3, -0.25) is 9.59 Å². The third-order valence-electron chi connectivity index (χ3n) is 4.04. The molecule has 1 unspecified atom stereocenters. The Morgan fingerprint density at radius 3 is 2.70 bits per heavy atom. The summed E-state index contributed by atoms with van der Waals surface area (Å²) in [7, 11) is 0. The molecule has 0 saturated carbocycles. The Kier molecular flexibility index (Phi) is 4.09. The standard InChI is InChI=1S/C15H20N2O3/c1-3-15(2,14(19)20)9-17-13(18)10-4-5-11-7-16-8-12(11)6-10/h4-6,16H,3,7-9H2,1-2H3,(H,17,18)(H,19,20). The van der Waals surface area contributed by atoms with Crippen molar-refractivity contribution in [1.29, 1.82) is 0 Å². The number of nitrogens with one attached hydrogen (secondary N) is 2. The van der Waals surface area contributed by atoms with Gasteiger partial charge in [0.25, 0.3) is 5.91 Å². The number of amides is 1. The first-order valence-electron chi connectivity index (χ1n) is 6.80. The molecule has 1 aliphatic heterocycles. The summed E-state index contributed by atoms with van der Waals surface area (Å²) in [6.07, 6.45) is 0.469. The molecular weight excluding hydrogens is 256 g/mol. The van der Waals surface area contributed by atoms with Crippen molar-refractivity contribution < 1.29 is 14.7 Å². The van der Waals surface area contributed by atoms with E-state index < -0.39 is 11.4 Å².